The van der Waals surface area contributed by atoms with Gasteiger partial charge in [0.25, 0.3) is 5.91 Å². The maximum absolute atomic E-state index is 12.2. The van der Waals surface area contributed by atoms with Crippen molar-refractivity contribution in [3.8, 4) is 0 Å². The monoisotopic (exact) mass is 403 g/mol. The van der Waals surface area contributed by atoms with E-state index in [9.17, 15) is 9.59 Å². The fourth-order valence-corrected chi connectivity index (χ4v) is 2.81. The van der Waals surface area contributed by atoms with Gasteiger partial charge in [0.05, 0.1) is 10.6 Å². The van der Waals surface area contributed by atoms with E-state index < -0.39 is 0 Å². The summed E-state index contributed by atoms with van der Waals surface area (Å²) in [6.45, 7) is 2.10. The summed E-state index contributed by atoms with van der Waals surface area (Å²) in [4.78, 5) is 24.0. The maximum atomic E-state index is 12.2. The highest BCUT2D eigenvalue weighted by atomic mass is 35.5. The van der Waals surface area contributed by atoms with Gasteiger partial charge in [-0.2, -0.15) is 0 Å². The summed E-state index contributed by atoms with van der Waals surface area (Å²) in [7, 11) is 0. The number of halogens is 1. The highest BCUT2D eigenvalue weighted by Crippen LogP contribution is 2.16. The Bertz CT molecular complexity index is 809. The van der Waals surface area contributed by atoms with E-state index in [0.29, 0.717) is 28.4 Å². The number of thiocarbonyl (C=S) groups is 1. The molecule has 0 fully saturated rings. The molecule has 0 bridgehead atoms. The Morgan fingerprint density at radius 2 is 1.59 bits per heavy atom. The standard InChI is InChI=1S/C20H22ClN3O2S/c1-2-3-4-9-18(25)22-14-10-12-15(13-11-14)23-20(27)24-19(26)16-7-5-6-8-17(16)21/h5-8,10-13H,2-4,9H2,1H3,(H,22,25)(H2,23,24,26,27). The van der Waals surface area contributed by atoms with E-state index >= 15 is 0 Å². The van der Waals surface area contributed by atoms with Crippen molar-refractivity contribution in [2.45, 2.75) is 32.6 Å². The van der Waals surface area contributed by atoms with E-state index in [-0.39, 0.29) is 16.9 Å². The number of nitrogens with one attached hydrogen (secondary N) is 3. The van der Waals surface area contributed by atoms with Crippen molar-refractivity contribution in [3.63, 3.8) is 0 Å². The first kappa shape index (κ1) is 20.9. The first-order valence-electron chi connectivity index (χ1n) is 8.76. The molecule has 3 N–H and O–H groups in total. The first-order valence-corrected chi connectivity index (χ1v) is 9.55. The molecule has 0 aliphatic carbocycles. The summed E-state index contributed by atoms with van der Waals surface area (Å²) in [5, 5.41) is 8.90. The van der Waals surface area contributed by atoms with E-state index in [0.717, 1.165) is 19.3 Å². The van der Waals surface area contributed by atoms with Crippen molar-refractivity contribution in [1.82, 2.24) is 5.32 Å². The van der Waals surface area contributed by atoms with Crippen LogP contribution >= 0.6 is 23.8 Å². The molecule has 2 rings (SSSR count). The molecule has 0 saturated heterocycles. The highest BCUT2D eigenvalue weighted by Gasteiger charge is 2.11. The smallest absolute Gasteiger partial charge is 0.258 e. The molecule has 0 aliphatic heterocycles. The molecule has 7 heteroatoms. The summed E-state index contributed by atoms with van der Waals surface area (Å²) in [5.74, 6) is -0.374. The SMILES string of the molecule is CCCCCC(=O)Nc1ccc(NC(=S)NC(=O)c2ccccc2Cl)cc1. The minimum atomic E-state index is -0.380. The Morgan fingerprint density at radius 1 is 0.963 bits per heavy atom. The van der Waals surface area contributed by atoms with Crippen LogP contribution in [0.1, 0.15) is 43.0 Å². The number of hydrogen-bond donors (Lipinski definition) is 3. The fourth-order valence-electron chi connectivity index (χ4n) is 2.37. The highest BCUT2D eigenvalue weighted by molar-refractivity contribution is 7.80. The topological polar surface area (TPSA) is 70.2 Å². The van der Waals surface area contributed by atoms with Gasteiger partial charge in [-0.15, -0.1) is 0 Å². The molecule has 2 aromatic rings. The third-order valence-corrected chi connectivity index (χ3v) is 4.31. The van der Waals surface area contributed by atoms with Gasteiger partial charge in [-0.1, -0.05) is 43.5 Å². The molecule has 142 valence electrons. The maximum Gasteiger partial charge on any atom is 0.258 e. The quantitative estimate of drug-likeness (QED) is 0.450. The van der Waals surface area contributed by atoms with Crippen LogP contribution in [-0.4, -0.2) is 16.9 Å². The van der Waals surface area contributed by atoms with Crippen LogP contribution in [0.3, 0.4) is 0 Å². The molecule has 0 aromatic heterocycles. The lowest BCUT2D eigenvalue weighted by Crippen LogP contribution is -2.34. The van der Waals surface area contributed by atoms with Crippen LogP contribution in [0.25, 0.3) is 0 Å². The van der Waals surface area contributed by atoms with Crippen molar-refractivity contribution in [2.24, 2.45) is 0 Å². The number of amides is 2. The molecule has 27 heavy (non-hydrogen) atoms. The van der Waals surface area contributed by atoms with Gasteiger partial charge in [-0.05, 0) is 55.0 Å². The van der Waals surface area contributed by atoms with Crippen molar-refractivity contribution >= 4 is 52.1 Å². The van der Waals surface area contributed by atoms with Crippen LogP contribution in [0.15, 0.2) is 48.5 Å². The molecule has 0 heterocycles. The summed E-state index contributed by atoms with van der Waals surface area (Å²) in [6, 6.07) is 13.8. The van der Waals surface area contributed by atoms with Crippen LogP contribution in [0.4, 0.5) is 11.4 Å². The molecule has 0 atom stereocenters. The number of anilines is 2. The molecule has 0 spiro atoms. The van der Waals surface area contributed by atoms with Crippen molar-refractivity contribution in [1.29, 1.82) is 0 Å². The lowest BCUT2D eigenvalue weighted by molar-refractivity contribution is -0.116. The summed E-state index contributed by atoms with van der Waals surface area (Å²) >= 11 is 11.2. The number of benzene rings is 2. The minimum absolute atomic E-state index is 0.00619. The van der Waals surface area contributed by atoms with Gasteiger partial charge in [-0.25, -0.2) is 0 Å². The van der Waals surface area contributed by atoms with Gasteiger partial charge in [0.15, 0.2) is 5.11 Å². The van der Waals surface area contributed by atoms with Gasteiger partial charge >= 0.3 is 0 Å². The van der Waals surface area contributed by atoms with Crippen molar-refractivity contribution < 1.29 is 9.59 Å². The average molecular weight is 404 g/mol. The zero-order valence-corrected chi connectivity index (χ0v) is 16.6. The van der Waals surface area contributed by atoms with Gasteiger partial charge in [0, 0.05) is 17.8 Å². The van der Waals surface area contributed by atoms with E-state index in [2.05, 4.69) is 22.9 Å². The first-order chi connectivity index (χ1) is 13.0. The normalized spacial score (nSPS) is 10.1. The Balaban J connectivity index is 1.85. The third-order valence-electron chi connectivity index (χ3n) is 3.78. The van der Waals surface area contributed by atoms with Crippen LogP contribution in [-0.2, 0) is 4.79 Å². The zero-order chi connectivity index (χ0) is 19.6. The van der Waals surface area contributed by atoms with Crippen molar-refractivity contribution in [3.05, 3.63) is 59.1 Å². The molecule has 2 aromatic carbocycles. The van der Waals surface area contributed by atoms with Gasteiger partial charge in [-0.3, -0.25) is 14.9 Å². The van der Waals surface area contributed by atoms with Crippen LogP contribution < -0.4 is 16.0 Å². The number of hydrogen-bond acceptors (Lipinski definition) is 3. The van der Waals surface area contributed by atoms with Crippen molar-refractivity contribution in [2.75, 3.05) is 10.6 Å². The Morgan fingerprint density at radius 3 is 2.22 bits per heavy atom. The summed E-state index contributed by atoms with van der Waals surface area (Å²) < 4.78 is 0. The predicted molar refractivity (Wildman–Crippen MR) is 114 cm³/mol. The molecule has 0 radical (unpaired) electrons. The van der Waals surface area contributed by atoms with E-state index in [1.165, 1.54) is 0 Å². The van der Waals surface area contributed by atoms with E-state index in [1.807, 2.05) is 0 Å². The predicted octanol–water partition coefficient (Wildman–Crippen LogP) is 4.99. The number of unbranched alkanes of at least 4 members (excludes halogenated alkanes) is 2. The van der Waals surface area contributed by atoms with Crippen LogP contribution in [0, 0.1) is 0 Å². The van der Waals surface area contributed by atoms with Crippen LogP contribution in [0.5, 0.6) is 0 Å². The van der Waals surface area contributed by atoms with Gasteiger partial charge < -0.3 is 10.6 Å². The molecule has 2 amide bonds. The second-order valence-corrected chi connectivity index (χ2v) is 6.79. The second-order valence-electron chi connectivity index (χ2n) is 5.97. The Hall–Kier alpha value is -2.44. The Labute approximate surface area is 169 Å². The average Bonchev–Trinajstić information content (AvgIpc) is 2.64. The molecular weight excluding hydrogens is 382 g/mol. The zero-order valence-electron chi connectivity index (χ0n) is 15.0. The number of carbonyl (C=O) groups excluding carboxylic acids is 2. The fraction of sp³-hybridized carbons (Fsp3) is 0.250. The number of rotatable bonds is 7. The molecule has 0 aliphatic rings. The number of carbonyl (C=O) groups is 2. The lowest BCUT2D eigenvalue weighted by atomic mass is 10.2. The minimum Gasteiger partial charge on any atom is -0.332 e. The molecule has 0 unspecified atom stereocenters. The summed E-state index contributed by atoms with van der Waals surface area (Å²) in [5.41, 5.74) is 1.76. The lowest BCUT2D eigenvalue weighted by Gasteiger charge is -2.11. The van der Waals surface area contributed by atoms with Gasteiger partial charge in [0.2, 0.25) is 5.91 Å². The Kier molecular flexibility index (Phi) is 8.23. The van der Waals surface area contributed by atoms with Gasteiger partial charge in [0.1, 0.15) is 0 Å². The molecular formula is C20H22ClN3O2S. The molecule has 0 saturated carbocycles. The molecule has 5 nitrogen and oxygen atoms in total. The third kappa shape index (κ3) is 7.00. The summed E-state index contributed by atoms with van der Waals surface area (Å²) in [6.07, 6.45) is 3.54. The van der Waals surface area contributed by atoms with E-state index in [4.69, 9.17) is 23.8 Å². The largest absolute Gasteiger partial charge is 0.332 e. The second kappa shape index (κ2) is 10.6. The van der Waals surface area contributed by atoms with Crippen LogP contribution in [0.2, 0.25) is 5.02 Å². The van der Waals surface area contributed by atoms with E-state index in [1.54, 1.807) is 48.5 Å².